The van der Waals surface area contributed by atoms with Gasteiger partial charge in [-0.3, -0.25) is 21.0 Å². The average Bonchev–Trinajstić information content (AvgIpc) is 2.91. The van der Waals surface area contributed by atoms with Crippen LogP contribution in [0.3, 0.4) is 0 Å². The lowest BCUT2D eigenvalue weighted by Gasteiger charge is -2.05. The number of thiocarbonyl (C=S) groups is 1. The van der Waals surface area contributed by atoms with Gasteiger partial charge in [0.25, 0.3) is 5.91 Å². The highest BCUT2D eigenvalue weighted by Gasteiger charge is 2.13. The number of hydrazine groups is 3. The fraction of sp³-hybridized carbons (Fsp3) is 0.0714. The molecule has 4 N–H and O–H groups in total. The van der Waals surface area contributed by atoms with Gasteiger partial charge in [0.1, 0.15) is 0 Å². The number of carbonyl (C=O) groups excluding carboxylic acids is 1. The quantitative estimate of drug-likeness (QED) is 0.579. The fourth-order valence-corrected chi connectivity index (χ4v) is 2.22. The maximum atomic E-state index is 12.2. The Morgan fingerprint density at radius 3 is 2.73 bits per heavy atom. The van der Waals surface area contributed by atoms with Gasteiger partial charge in [-0.2, -0.15) is 4.99 Å². The zero-order valence-corrected chi connectivity index (χ0v) is 12.6. The minimum atomic E-state index is -0.292. The van der Waals surface area contributed by atoms with Gasteiger partial charge in [0, 0.05) is 12.6 Å². The van der Waals surface area contributed by atoms with Crippen LogP contribution in [-0.4, -0.2) is 29.1 Å². The van der Waals surface area contributed by atoms with Crippen LogP contribution in [-0.2, 0) is 0 Å². The molecule has 0 spiro atoms. The van der Waals surface area contributed by atoms with E-state index in [1.165, 1.54) is 0 Å². The fourth-order valence-electron chi connectivity index (χ4n) is 2.03. The summed E-state index contributed by atoms with van der Waals surface area (Å²) in [4.78, 5) is 16.2. The summed E-state index contributed by atoms with van der Waals surface area (Å²) in [7, 11) is 1.76. The van der Waals surface area contributed by atoms with Crippen LogP contribution >= 0.6 is 12.2 Å². The van der Waals surface area contributed by atoms with Gasteiger partial charge in [-0.1, -0.05) is 30.3 Å². The monoisotopic (exact) mass is 314 g/mol. The second-order valence-electron chi connectivity index (χ2n) is 4.69. The molecule has 0 bridgehead atoms. The molecule has 1 heterocycles. The van der Waals surface area contributed by atoms with Crippen molar-refractivity contribution in [2.75, 3.05) is 7.05 Å². The van der Waals surface area contributed by atoms with Crippen LogP contribution in [0.25, 0.3) is 10.8 Å². The van der Waals surface area contributed by atoms with Crippen LogP contribution < -0.4 is 21.7 Å². The Kier molecular flexibility index (Phi) is 3.96. The standard InChI is InChI=1S/C14H14N6OS/c1-20-18-13(17-19-20)16-14(22)15-12(21)11-7-6-9-4-2-3-5-10(9)8-11/h2-8,19H,1H3,(H3,15,16,17,18,21,22). The van der Waals surface area contributed by atoms with Crippen molar-refractivity contribution in [2.45, 2.75) is 0 Å². The number of nitrogens with zero attached hydrogens (tertiary/aromatic N) is 2. The number of benzene rings is 2. The molecular formula is C14H14N6OS. The number of hydrogen-bond acceptors (Lipinski definition) is 4. The molecule has 0 aromatic heterocycles. The summed E-state index contributed by atoms with van der Waals surface area (Å²) >= 11 is 5.06. The van der Waals surface area contributed by atoms with E-state index in [0.717, 1.165) is 10.8 Å². The first-order chi connectivity index (χ1) is 10.6. The van der Waals surface area contributed by atoms with E-state index in [2.05, 4.69) is 26.7 Å². The SMILES string of the molecule is CN1NN/C(=N\C(=S)NC(=O)c2ccc3ccccc3c2)N1. The van der Waals surface area contributed by atoms with E-state index < -0.39 is 0 Å². The molecule has 8 heteroatoms. The first-order valence-corrected chi connectivity index (χ1v) is 6.97. The Hall–Kier alpha value is -2.55. The van der Waals surface area contributed by atoms with E-state index >= 15 is 0 Å². The molecule has 0 radical (unpaired) electrons. The molecule has 3 rings (SSSR count). The van der Waals surface area contributed by atoms with E-state index in [4.69, 9.17) is 12.2 Å². The second kappa shape index (κ2) is 6.06. The number of aliphatic imine (C=N–C) groups is 1. The molecule has 7 nitrogen and oxygen atoms in total. The molecule has 1 amide bonds. The van der Waals surface area contributed by atoms with Gasteiger partial charge in [0.05, 0.1) is 0 Å². The molecular weight excluding hydrogens is 300 g/mol. The zero-order valence-electron chi connectivity index (χ0n) is 11.8. The molecule has 0 aliphatic carbocycles. The van der Waals surface area contributed by atoms with Crippen molar-refractivity contribution in [3.05, 3.63) is 48.0 Å². The summed E-state index contributed by atoms with van der Waals surface area (Å²) in [6.07, 6.45) is 0. The third-order valence-electron chi connectivity index (χ3n) is 3.06. The van der Waals surface area contributed by atoms with Gasteiger partial charge in [-0.25, -0.2) is 0 Å². The average molecular weight is 314 g/mol. The van der Waals surface area contributed by atoms with Gasteiger partial charge < -0.3 is 0 Å². The Balaban J connectivity index is 1.71. The number of carbonyl (C=O) groups is 1. The van der Waals surface area contributed by atoms with Crippen molar-refractivity contribution in [1.82, 2.24) is 26.8 Å². The number of nitrogens with one attached hydrogen (secondary N) is 4. The van der Waals surface area contributed by atoms with Crippen molar-refractivity contribution >= 4 is 40.0 Å². The molecule has 0 saturated carbocycles. The smallest absolute Gasteiger partial charge is 0.257 e. The summed E-state index contributed by atoms with van der Waals surface area (Å²) in [6.45, 7) is 0. The van der Waals surface area contributed by atoms with Crippen molar-refractivity contribution in [1.29, 1.82) is 0 Å². The molecule has 1 fully saturated rings. The van der Waals surface area contributed by atoms with Crippen LogP contribution in [0, 0.1) is 0 Å². The Labute approximate surface area is 132 Å². The minimum absolute atomic E-state index is 0.0743. The maximum Gasteiger partial charge on any atom is 0.257 e. The lowest BCUT2D eigenvalue weighted by Crippen LogP contribution is -2.36. The van der Waals surface area contributed by atoms with Crippen LogP contribution in [0.4, 0.5) is 0 Å². The minimum Gasteiger partial charge on any atom is -0.297 e. The van der Waals surface area contributed by atoms with Crippen LogP contribution in [0.2, 0.25) is 0 Å². The van der Waals surface area contributed by atoms with Crippen molar-refractivity contribution in [2.24, 2.45) is 4.99 Å². The van der Waals surface area contributed by atoms with Crippen LogP contribution in [0.15, 0.2) is 47.5 Å². The first kappa shape index (κ1) is 14.4. The molecule has 2 aromatic carbocycles. The number of guanidine groups is 1. The molecule has 1 saturated heterocycles. The molecule has 0 atom stereocenters. The van der Waals surface area contributed by atoms with Gasteiger partial charge in [-0.15, -0.1) is 10.7 Å². The van der Waals surface area contributed by atoms with Gasteiger partial charge in [0.2, 0.25) is 11.1 Å². The summed E-state index contributed by atoms with van der Waals surface area (Å²) in [6, 6.07) is 13.3. The summed E-state index contributed by atoms with van der Waals surface area (Å²) in [5, 5.41) is 6.29. The lowest BCUT2D eigenvalue weighted by atomic mass is 10.1. The molecule has 22 heavy (non-hydrogen) atoms. The highest BCUT2D eigenvalue weighted by molar-refractivity contribution is 7.80. The van der Waals surface area contributed by atoms with Gasteiger partial charge in [-0.05, 0) is 35.1 Å². The zero-order chi connectivity index (χ0) is 15.5. The molecule has 112 valence electrons. The van der Waals surface area contributed by atoms with Gasteiger partial charge >= 0.3 is 0 Å². The van der Waals surface area contributed by atoms with E-state index in [9.17, 15) is 4.79 Å². The topological polar surface area (TPSA) is 80.8 Å². The van der Waals surface area contributed by atoms with Crippen LogP contribution in [0.1, 0.15) is 10.4 Å². The van der Waals surface area contributed by atoms with E-state index in [1.807, 2.05) is 36.4 Å². The highest BCUT2D eigenvalue weighted by Crippen LogP contribution is 2.15. The predicted molar refractivity (Wildman–Crippen MR) is 88.6 cm³/mol. The largest absolute Gasteiger partial charge is 0.297 e. The lowest BCUT2D eigenvalue weighted by molar-refractivity contribution is 0.0977. The number of fused-ring (bicyclic) bond motifs is 1. The summed E-state index contributed by atoms with van der Waals surface area (Å²) in [5.74, 6) is 0.116. The summed E-state index contributed by atoms with van der Waals surface area (Å²) < 4.78 is 0. The third-order valence-corrected chi connectivity index (χ3v) is 3.25. The van der Waals surface area contributed by atoms with Crippen molar-refractivity contribution < 1.29 is 4.79 Å². The Morgan fingerprint density at radius 1 is 1.23 bits per heavy atom. The Morgan fingerprint density at radius 2 is 2.00 bits per heavy atom. The normalized spacial score (nSPS) is 16.3. The third kappa shape index (κ3) is 3.19. The first-order valence-electron chi connectivity index (χ1n) is 6.57. The number of hydrogen-bond donors (Lipinski definition) is 4. The van der Waals surface area contributed by atoms with E-state index in [1.54, 1.807) is 18.2 Å². The van der Waals surface area contributed by atoms with Crippen LogP contribution in [0.5, 0.6) is 0 Å². The highest BCUT2D eigenvalue weighted by atomic mass is 32.1. The van der Waals surface area contributed by atoms with E-state index in [-0.39, 0.29) is 11.0 Å². The molecule has 0 unspecified atom stereocenters. The van der Waals surface area contributed by atoms with Crippen molar-refractivity contribution in [3.8, 4) is 0 Å². The number of amides is 1. The number of rotatable bonds is 1. The molecule has 1 aliphatic heterocycles. The predicted octanol–water partition coefficient (Wildman–Crippen LogP) is 0.670. The summed E-state index contributed by atoms with van der Waals surface area (Å²) in [5.41, 5.74) is 8.88. The maximum absolute atomic E-state index is 12.2. The Bertz CT molecular complexity index is 775. The van der Waals surface area contributed by atoms with Gasteiger partial charge in [0.15, 0.2) is 0 Å². The van der Waals surface area contributed by atoms with Crippen molar-refractivity contribution in [3.63, 3.8) is 0 Å². The second-order valence-corrected chi connectivity index (χ2v) is 5.08. The molecule has 2 aromatic rings. The van der Waals surface area contributed by atoms with E-state index in [0.29, 0.717) is 11.5 Å². The molecule has 1 aliphatic rings.